The zero-order chi connectivity index (χ0) is 13.3. The van der Waals surface area contributed by atoms with Crippen LogP contribution in [0.25, 0.3) is 0 Å². The smallest absolute Gasteiger partial charge is 0.305 e. The summed E-state index contributed by atoms with van der Waals surface area (Å²) in [5, 5.41) is 31.4. The topological polar surface area (TPSA) is 99.2 Å². The molecule has 0 radical (unpaired) electrons. The van der Waals surface area contributed by atoms with Crippen molar-refractivity contribution in [2.45, 2.75) is 50.7 Å². The molecule has 0 aromatic carbocycles. The van der Waals surface area contributed by atoms with E-state index in [2.05, 4.69) is 5.32 Å². The summed E-state index contributed by atoms with van der Waals surface area (Å²) < 4.78 is 0. The van der Waals surface area contributed by atoms with Crippen LogP contribution in [-0.4, -0.2) is 27.9 Å². The molecule has 0 heterocycles. The van der Waals surface area contributed by atoms with Crippen LogP contribution in [0, 0.1) is 21.4 Å². The first kappa shape index (κ1) is 13.0. The molecule has 6 heteroatoms. The molecule has 2 fully saturated rings. The molecular weight excluding hydrogens is 234 g/mol. The third kappa shape index (κ3) is 2.53. The van der Waals surface area contributed by atoms with Crippen molar-refractivity contribution < 1.29 is 10.0 Å². The van der Waals surface area contributed by atoms with E-state index in [-0.39, 0.29) is 17.7 Å². The second kappa shape index (κ2) is 4.68. The van der Waals surface area contributed by atoms with Crippen LogP contribution >= 0.6 is 0 Å². The second-order valence-corrected chi connectivity index (χ2v) is 5.42. The number of aliphatic hydroxyl groups is 1. The lowest BCUT2D eigenvalue weighted by atomic mass is 9.99. The first-order valence-corrected chi connectivity index (χ1v) is 6.33. The van der Waals surface area contributed by atoms with E-state index in [1.807, 2.05) is 0 Å². The number of nitrogens with one attached hydrogen (secondary N) is 2. The molecule has 2 saturated carbocycles. The van der Waals surface area contributed by atoms with Crippen molar-refractivity contribution in [1.29, 1.82) is 5.41 Å². The Morgan fingerprint density at radius 2 is 2.22 bits per heavy atom. The van der Waals surface area contributed by atoms with E-state index in [4.69, 9.17) is 5.41 Å². The Morgan fingerprint density at radius 1 is 1.56 bits per heavy atom. The molecule has 0 aliphatic heterocycles. The van der Waals surface area contributed by atoms with Crippen LogP contribution in [0.4, 0.5) is 0 Å². The highest BCUT2D eigenvalue weighted by Gasteiger charge is 2.41. The first-order chi connectivity index (χ1) is 8.45. The number of rotatable bonds is 5. The summed E-state index contributed by atoms with van der Waals surface area (Å²) >= 11 is 0. The van der Waals surface area contributed by atoms with Crippen LogP contribution in [0.2, 0.25) is 0 Å². The van der Waals surface area contributed by atoms with Gasteiger partial charge in [0.25, 0.3) is 0 Å². The average molecular weight is 253 g/mol. The van der Waals surface area contributed by atoms with E-state index in [9.17, 15) is 15.2 Å². The minimum Gasteiger partial charge on any atom is -0.388 e. The molecule has 2 unspecified atom stereocenters. The fourth-order valence-corrected chi connectivity index (χ4v) is 2.57. The Balaban J connectivity index is 2.21. The van der Waals surface area contributed by atoms with Gasteiger partial charge in [0.2, 0.25) is 0 Å². The molecule has 2 aliphatic carbocycles. The Labute approximate surface area is 106 Å². The standard InChI is InChI=1S/C12H19N3O3/c1-12(16)6-2-3-10(12)14-11(8-4-5-8)9(7-13)15(17)18/h7-8,10,13-14,16H,2-6H2,1H3/b11-9+,13-7?. The second-order valence-electron chi connectivity index (χ2n) is 5.42. The molecular formula is C12H19N3O3. The molecule has 2 rings (SSSR count). The Hall–Kier alpha value is -1.43. The van der Waals surface area contributed by atoms with Gasteiger partial charge in [0.05, 0.1) is 28.5 Å². The lowest BCUT2D eigenvalue weighted by molar-refractivity contribution is -0.416. The summed E-state index contributed by atoms with van der Waals surface area (Å²) in [4.78, 5) is 10.4. The third-order valence-electron chi connectivity index (χ3n) is 3.85. The molecule has 3 N–H and O–H groups in total. The number of hydrogen-bond acceptors (Lipinski definition) is 5. The molecule has 0 aromatic rings. The van der Waals surface area contributed by atoms with Gasteiger partial charge in [-0.1, -0.05) is 0 Å². The molecule has 0 saturated heterocycles. The van der Waals surface area contributed by atoms with Crippen LogP contribution < -0.4 is 5.32 Å². The summed E-state index contributed by atoms with van der Waals surface area (Å²) in [5.74, 6) is 0.156. The van der Waals surface area contributed by atoms with E-state index < -0.39 is 10.5 Å². The quantitative estimate of drug-likeness (QED) is 0.392. The molecule has 100 valence electrons. The molecule has 2 aliphatic rings. The zero-order valence-corrected chi connectivity index (χ0v) is 10.5. The average Bonchev–Trinajstić information content (AvgIpc) is 3.05. The van der Waals surface area contributed by atoms with Gasteiger partial charge < -0.3 is 15.8 Å². The van der Waals surface area contributed by atoms with Crippen molar-refractivity contribution in [2.24, 2.45) is 5.92 Å². The maximum Gasteiger partial charge on any atom is 0.305 e. The fraction of sp³-hybridized carbons (Fsp3) is 0.750. The van der Waals surface area contributed by atoms with E-state index in [0.717, 1.165) is 31.9 Å². The predicted molar refractivity (Wildman–Crippen MR) is 66.9 cm³/mol. The molecule has 0 bridgehead atoms. The van der Waals surface area contributed by atoms with E-state index in [1.54, 1.807) is 6.92 Å². The fourth-order valence-electron chi connectivity index (χ4n) is 2.57. The summed E-state index contributed by atoms with van der Waals surface area (Å²) in [7, 11) is 0. The maximum absolute atomic E-state index is 10.9. The SMILES string of the molecule is CC1(O)CCCC1N/C(=C(\C=N)[N+](=O)[O-])C1CC1. The van der Waals surface area contributed by atoms with E-state index in [1.165, 1.54) is 0 Å². The lowest BCUT2D eigenvalue weighted by Crippen LogP contribution is -2.45. The Kier molecular flexibility index (Phi) is 3.38. The van der Waals surface area contributed by atoms with Crippen molar-refractivity contribution >= 4 is 6.21 Å². The van der Waals surface area contributed by atoms with Crippen LogP contribution in [-0.2, 0) is 0 Å². The summed E-state index contributed by atoms with van der Waals surface area (Å²) in [6, 6.07) is -0.150. The van der Waals surface area contributed by atoms with Crippen molar-refractivity contribution in [3.05, 3.63) is 21.5 Å². The van der Waals surface area contributed by atoms with Gasteiger partial charge in [0.1, 0.15) is 0 Å². The Morgan fingerprint density at radius 3 is 2.61 bits per heavy atom. The van der Waals surface area contributed by atoms with Gasteiger partial charge in [-0.3, -0.25) is 10.1 Å². The van der Waals surface area contributed by atoms with E-state index >= 15 is 0 Å². The summed E-state index contributed by atoms with van der Waals surface area (Å²) in [6.45, 7) is 1.76. The third-order valence-corrected chi connectivity index (χ3v) is 3.85. The molecule has 0 aromatic heterocycles. The molecule has 18 heavy (non-hydrogen) atoms. The lowest BCUT2D eigenvalue weighted by Gasteiger charge is -2.28. The van der Waals surface area contributed by atoms with Gasteiger partial charge >= 0.3 is 5.70 Å². The van der Waals surface area contributed by atoms with Gasteiger partial charge in [-0.15, -0.1) is 0 Å². The van der Waals surface area contributed by atoms with Crippen LogP contribution in [0.15, 0.2) is 11.4 Å². The molecule has 2 atom stereocenters. The highest BCUT2D eigenvalue weighted by molar-refractivity contribution is 5.73. The van der Waals surface area contributed by atoms with Gasteiger partial charge in [-0.05, 0) is 39.0 Å². The van der Waals surface area contributed by atoms with Crippen molar-refractivity contribution in [1.82, 2.24) is 5.32 Å². The van der Waals surface area contributed by atoms with E-state index in [0.29, 0.717) is 12.1 Å². The molecule has 6 nitrogen and oxygen atoms in total. The number of nitro groups is 1. The maximum atomic E-state index is 10.9. The van der Waals surface area contributed by atoms with Gasteiger partial charge in [-0.25, -0.2) is 0 Å². The number of nitrogens with zero attached hydrogens (tertiary/aromatic N) is 1. The van der Waals surface area contributed by atoms with Crippen molar-refractivity contribution in [3.63, 3.8) is 0 Å². The number of allylic oxidation sites excluding steroid dienone is 2. The highest BCUT2D eigenvalue weighted by atomic mass is 16.6. The predicted octanol–water partition coefficient (Wildman–Crippen LogP) is 1.43. The van der Waals surface area contributed by atoms with Crippen molar-refractivity contribution in [2.75, 3.05) is 0 Å². The van der Waals surface area contributed by atoms with Gasteiger partial charge in [0, 0.05) is 5.92 Å². The first-order valence-electron chi connectivity index (χ1n) is 6.33. The normalized spacial score (nSPS) is 32.9. The van der Waals surface area contributed by atoms with Crippen molar-refractivity contribution in [3.8, 4) is 0 Å². The monoisotopic (exact) mass is 253 g/mol. The minimum atomic E-state index is -0.816. The Bertz CT molecular complexity index is 399. The highest BCUT2D eigenvalue weighted by Crippen LogP contribution is 2.39. The summed E-state index contributed by atoms with van der Waals surface area (Å²) in [6.07, 6.45) is 5.07. The minimum absolute atomic E-state index is 0.150. The largest absolute Gasteiger partial charge is 0.388 e. The van der Waals surface area contributed by atoms with Gasteiger partial charge in [-0.2, -0.15) is 0 Å². The molecule has 0 spiro atoms. The van der Waals surface area contributed by atoms with Gasteiger partial charge in [0.15, 0.2) is 0 Å². The van der Waals surface area contributed by atoms with Crippen LogP contribution in [0.3, 0.4) is 0 Å². The van der Waals surface area contributed by atoms with Crippen LogP contribution in [0.5, 0.6) is 0 Å². The summed E-state index contributed by atoms with van der Waals surface area (Å²) in [5.41, 5.74) is -0.452. The van der Waals surface area contributed by atoms with Crippen LogP contribution in [0.1, 0.15) is 39.0 Å². The number of hydrogen-bond donors (Lipinski definition) is 3. The zero-order valence-electron chi connectivity index (χ0n) is 10.5. The molecule has 0 amide bonds.